The fourth-order valence-electron chi connectivity index (χ4n) is 2.17. The van der Waals surface area contributed by atoms with Gasteiger partial charge in [0, 0.05) is 6.20 Å². The molecular weight excluding hydrogens is 270 g/mol. The molecule has 21 heavy (non-hydrogen) atoms. The van der Waals surface area contributed by atoms with Crippen molar-refractivity contribution in [3.05, 3.63) is 42.1 Å². The monoisotopic (exact) mass is 289 g/mol. The summed E-state index contributed by atoms with van der Waals surface area (Å²) in [4.78, 5) is 24.3. The van der Waals surface area contributed by atoms with Gasteiger partial charge in [-0.05, 0) is 31.0 Å². The van der Waals surface area contributed by atoms with Crippen LogP contribution in [0.3, 0.4) is 0 Å². The molecule has 0 spiro atoms. The molecule has 1 aromatic carbocycles. The lowest BCUT2D eigenvalue weighted by molar-refractivity contribution is -0.112. The van der Waals surface area contributed by atoms with Crippen LogP contribution in [0.2, 0.25) is 0 Å². The number of carbonyl (C=O) groups is 2. The van der Waals surface area contributed by atoms with Crippen LogP contribution < -0.4 is 4.74 Å². The van der Waals surface area contributed by atoms with Gasteiger partial charge >= 0.3 is 6.09 Å². The number of amides is 1. The van der Waals surface area contributed by atoms with E-state index in [0.717, 1.165) is 17.6 Å². The van der Waals surface area contributed by atoms with Crippen molar-refractivity contribution in [2.75, 3.05) is 20.3 Å². The molecule has 0 bridgehead atoms. The topological polar surface area (TPSA) is 55.8 Å². The summed E-state index contributed by atoms with van der Waals surface area (Å²) >= 11 is 0. The van der Waals surface area contributed by atoms with Crippen LogP contribution in [-0.2, 0) is 14.9 Å². The fraction of sp³-hybridized carbons (Fsp3) is 0.375. The zero-order valence-corrected chi connectivity index (χ0v) is 12.2. The number of rotatable bonds is 6. The summed E-state index contributed by atoms with van der Waals surface area (Å²) in [5.74, 6) is 0.752. The number of methoxy groups -OCH3 is 1. The number of hydrogen-bond acceptors (Lipinski definition) is 4. The molecule has 1 heterocycles. The zero-order valence-electron chi connectivity index (χ0n) is 12.2. The van der Waals surface area contributed by atoms with Crippen LogP contribution in [0.4, 0.5) is 4.79 Å². The minimum atomic E-state index is -0.633. The van der Waals surface area contributed by atoms with Crippen LogP contribution >= 0.6 is 0 Å². The largest absolute Gasteiger partial charge is 0.497 e. The maximum absolute atomic E-state index is 11.5. The maximum Gasteiger partial charge on any atom is 0.413 e. The molecule has 1 fully saturated rings. The molecule has 0 radical (unpaired) electrons. The number of cyclic esters (lactones) is 1. The third-order valence-corrected chi connectivity index (χ3v) is 3.63. The summed E-state index contributed by atoms with van der Waals surface area (Å²) < 4.78 is 9.95. The lowest BCUT2D eigenvalue weighted by Crippen LogP contribution is -2.23. The van der Waals surface area contributed by atoms with E-state index >= 15 is 0 Å². The average Bonchev–Trinajstić information content (AvgIpc) is 2.92. The Hall–Kier alpha value is -2.30. The molecule has 1 saturated heterocycles. The summed E-state index contributed by atoms with van der Waals surface area (Å²) in [6, 6.07) is 7.42. The summed E-state index contributed by atoms with van der Waals surface area (Å²) in [6.07, 6.45) is 4.60. The minimum absolute atomic E-state index is 0.344. The first-order valence-electron chi connectivity index (χ1n) is 6.80. The summed E-state index contributed by atoms with van der Waals surface area (Å²) in [5.41, 5.74) is 0.277. The standard InChI is InChI=1S/C16H19NO4/c1-16(12-18,13-4-6-14(20-2)7-5-13)8-3-9-17-10-11-21-15(17)19/h3-7,9,12H,8,10-11H2,1-2H3/b9-3+/t16-/m0/s1. The molecule has 1 atom stereocenters. The van der Waals surface area contributed by atoms with Gasteiger partial charge in [0.2, 0.25) is 0 Å². The smallest absolute Gasteiger partial charge is 0.413 e. The number of allylic oxidation sites excluding steroid dienone is 1. The number of hydrogen-bond donors (Lipinski definition) is 0. The number of benzene rings is 1. The fourth-order valence-corrected chi connectivity index (χ4v) is 2.17. The highest BCUT2D eigenvalue weighted by atomic mass is 16.6. The van der Waals surface area contributed by atoms with E-state index in [0.29, 0.717) is 19.6 Å². The Morgan fingerprint density at radius 2 is 2.10 bits per heavy atom. The van der Waals surface area contributed by atoms with Crippen molar-refractivity contribution >= 4 is 12.4 Å². The predicted octanol–water partition coefficient (Wildman–Crippen LogP) is 2.51. The SMILES string of the molecule is COc1ccc([C@](C)(C=O)C/C=C/N2CCOC2=O)cc1. The van der Waals surface area contributed by atoms with Crippen molar-refractivity contribution in [1.29, 1.82) is 0 Å². The Labute approximate surface area is 124 Å². The number of nitrogens with zero attached hydrogens (tertiary/aromatic N) is 1. The molecule has 1 aliphatic heterocycles. The van der Waals surface area contributed by atoms with Gasteiger partial charge in [0.25, 0.3) is 0 Å². The molecule has 1 aliphatic rings. The Kier molecular flexibility index (Phi) is 4.62. The highest BCUT2D eigenvalue weighted by Gasteiger charge is 2.25. The van der Waals surface area contributed by atoms with Gasteiger partial charge in [-0.15, -0.1) is 0 Å². The lowest BCUT2D eigenvalue weighted by Gasteiger charge is -2.22. The van der Waals surface area contributed by atoms with E-state index in [4.69, 9.17) is 9.47 Å². The molecule has 1 aromatic rings. The minimum Gasteiger partial charge on any atom is -0.497 e. The van der Waals surface area contributed by atoms with Gasteiger partial charge in [-0.25, -0.2) is 4.79 Å². The van der Waals surface area contributed by atoms with E-state index in [1.54, 1.807) is 13.3 Å². The number of ether oxygens (including phenoxy) is 2. The van der Waals surface area contributed by atoms with Crippen LogP contribution in [0.25, 0.3) is 0 Å². The van der Waals surface area contributed by atoms with E-state index in [-0.39, 0.29) is 6.09 Å². The van der Waals surface area contributed by atoms with Crippen LogP contribution in [0.15, 0.2) is 36.5 Å². The van der Waals surface area contributed by atoms with Crippen molar-refractivity contribution in [2.24, 2.45) is 0 Å². The number of carbonyl (C=O) groups excluding carboxylic acids is 2. The highest BCUT2D eigenvalue weighted by molar-refractivity contribution is 5.71. The van der Waals surface area contributed by atoms with E-state index in [9.17, 15) is 9.59 Å². The second-order valence-electron chi connectivity index (χ2n) is 5.16. The van der Waals surface area contributed by atoms with Gasteiger partial charge in [0.1, 0.15) is 18.6 Å². The molecule has 5 heteroatoms. The third kappa shape index (κ3) is 3.42. The molecule has 0 aromatic heterocycles. The van der Waals surface area contributed by atoms with E-state index in [1.165, 1.54) is 4.90 Å². The van der Waals surface area contributed by atoms with Crippen molar-refractivity contribution in [1.82, 2.24) is 4.90 Å². The average molecular weight is 289 g/mol. The molecule has 0 aliphatic carbocycles. The molecule has 0 unspecified atom stereocenters. The van der Waals surface area contributed by atoms with Gasteiger partial charge in [0.05, 0.1) is 19.1 Å². The van der Waals surface area contributed by atoms with E-state index < -0.39 is 5.41 Å². The van der Waals surface area contributed by atoms with Crippen molar-refractivity contribution in [3.63, 3.8) is 0 Å². The summed E-state index contributed by atoms with van der Waals surface area (Å²) in [7, 11) is 1.60. The first-order valence-corrected chi connectivity index (χ1v) is 6.80. The second-order valence-corrected chi connectivity index (χ2v) is 5.16. The molecular formula is C16H19NO4. The first kappa shape index (κ1) is 15.1. The second kappa shape index (κ2) is 6.43. The quantitative estimate of drug-likeness (QED) is 0.755. The van der Waals surface area contributed by atoms with Crippen LogP contribution in [0, 0.1) is 0 Å². The van der Waals surface area contributed by atoms with Crippen LogP contribution in [-0.4, -0.2) is 37.5 Å². The van der Waals surface area contributed by atoms with Crippen LogP contribution in [0.1, 0.15) is 18.9 Å². The number of aldehydes is 1. The third-order valence-electron chi connectivity index (χ3n) is 3.63. The van der Waals surface area contributed by atoms with Crippen molar-refractivity contribution in [2.45, 2.75) is 18.8 Å². The van der Waals surface area contributed by atoms with Gasteiger partial charge < -0.3 is 14.3 Å². The molecule has 0 saturated carbocycles. The first-order chi connectivity index (χ1) is 10.1. The molecule has 0 N–H and O–H groups in total. The Morgan fingerprint density at radius 1 is 1.38 bits per heavy atom. The lowest BCUT2D eigenvalue weighted by atomic mass is 9.81. The maximum atomic E-state index is 11.5. The van der Waals surface area contributed by atoms with E-state index in [1.807, 2.05) is 37.3 Å². The van der Waals surface area contributed by atoms with Crippen molar-refractivity contribution in [3.8, 4) is 5.75 Å². The van der Waals surface area contributed by atoms with Gasteiger partial charge in [0.15, 0.2) is 0 Å². The van der Waals surface area contributed by atoms with Gasteiger partial charge in [-0.2, -0.15) is 0 Å². The summed E-state index contributed by atoms with van der Waals surface area (Å²) in [6.45, 7) is 2.83. The molecule has 2 rings (SSSR count). The Morgan fingerprint density at radius 3 is 2.62 bits per heavy atom. The Balaban J connectivity index is 2.07. The Bertz CT molecular complexity index is 538. The predicted molar refractivity (Wildman–Crippen MR) is 78.2 cm³/mol. The van der Waals surface area contributed by atoms with Gasteiger partial charge in [-0.1, -0.05) is 18.2 Å². The van der Waals surface area contributed by atoms with Crippen molar-refractivity contribution < 1.29 is 19.1 Å². The van der Waals surface area contributed by atoms with Gasteiger partial charge in [-0.3, -0.25) is 4.90 Å². The normalized spacial score (nSPS) is 17.6. The zero-order chi connectivity index (χ0) is 15.3. The molecule has 1 amide bonds. The summed E-state index contributed by atoms with van der Waals surface area (Å²) in [5, 5.41) is 0. The molecule has 5 nitrogen and oxygen atoms in total. The molecule has 112 valence electrons. The van der Waals surface area contributed by atoms with E-state index in [2.05, 4.69) is 0 Å². The van der Waals surface area contributed by atoms with Crippen LogP contribution in [0.5, 0.6) is 5.75 Å². The highest BCUT2D eigenvalue weighted by Crippen LogP contribution is 2.27.